The van der Waals surface area contributed by atoms with Crippen LogP contribution in [0.25, 0.3) is 11.4 Å². The molecule has 0 aliphatic carbocycles. The van der Waals surface area contributed by atoms with Crippen LogP contribution in [0.2, 0.25) is 5.02 Å². The number of aromatic nitrogens is 3. The van der Waals surface area contributed by atoms with Crippen LogP contribution in [-0.2, 0) is 0 Å². The lowest BCUT2D eigenvalue weighted by Gasteiger charge is -2.34. The zero-order valence-corrected chi connectivity index (χ0v) is 16.9. The van der Waals surface area contributed by atoms with Gasteiger partial charge in [0.1, 0.15) is 17.7 Å². The quantitative estimate of drug-likeness (QED) is 0.632. The molecule has 1 fully saturated rings. The Morgan fingerprint density at radius 1 is 1.00 bits per heavy atom. The van der Waals surface area contributed by atoms with E-state index in [1.165, 1.54) is 0 Å². The molecule has 144 valence electrons. The summed E-state index contributed by atoms with van der Waals surface area (Å²) in [6, 6.07) is 11.5. The maximum atomic E-state index is 6.23. The first-order valence-corrected chi connectivity index (χ1v) is 9.91. The number of rotatable bonds is 4. The number of ether oxygens (including phenoxy) is 1. The molecular weight excluding hydrogens is 372 g/mol. The van der Waals surface area contributed by atoms with Gasteiger partial charge in [0.25, 0.3) is 0 Å². The molecule has 0 amide bonds. The van der Waals surface area contributed by atoms with Gasteiger partial charge in [-0.05, 0) is 38.1 Å². The Hall–Kier alpha value is -2.66. The first-order chi connectivity index (χ1) is 13.6. The van der Waals surface area contributed by atoms with E-state index in [0.29, 0.717) is 5.02 Å². The molecule has 0 atom stereocenters. The lowest BCUT2D eigenvalue weighted by Crippen LogP contribution is -2.39. The Kier molecular flexibility index (Phi) is 5.44. The molecule has 3 heterocycles. The zero-order chi connectivity index (χ0) is 19.5. The fraction of sp³-hybridized carbons (Fsp3) is 0.318. The summed E-state index contributed by atoms with van der Waals surface area (Å²) in [7, 11) is 0. The normalized spacial score (nSPS) is 14.9. The van der Waals surface area contributed by atoms with Crippen molar-refractivity contribution >= 4 is 17.4 Å². The minimum atomic E-state index is 0.166. The molecule has 0 radical (unpaired) electrons. The summed E-state index contributed by atoms with van der Waals surface area (Å²) in [5.41, 5.74) is 3.12. The first kappa shape index (κ1) is 18.7. The largest absolute Gasteiger partial charge is 0.489 e. The summed E-state index contributed by atoms with van der Waals surface area (Å²) in [6.07, 6.45) is 5.56. The Morgan fingerprint density at radius 3 is 2.43 bits per heavy atom. The maximum Gasteiger partial charge on any atom is 0.161 e. The standard InChI is InChI=1S/C22H23ClN4O/c1-15-16(2)25-21(17-7-11-24-12-8-17)26-22(15)27-13-9-18(10-14-27)28-20-6-4-3-5-19(20)23/h3-8,11-12,18H,9-10,13-14H2,1-2H3. The SMILES string of the molecule is Cc1nc(-c2ccncc2)nc(N2CCC(Oc3ccccc3Cl)CC2)c1C. The molecule has 3 aromatic rings. The van der Waals surface area contributed by atoms with Crippen LogP contribution in [0.4, 0.5) is 5.82 Å². The Balaban J connectivity index is 1.50. The van der Waals surface area contributed by atoms with Crippen LogP contribution in [0.15, 0.2) is 48.8 Å². The van der Waals surface area contributed by atoms with Crippen molar-refractivity contribution in [1.29, 1.82) is 0 Å². The van der Waals surface area contributed by atoms with Crippen LogP contribution >= 0.6 is 11.6 Å². The van der Waals surface area contributed by atoms with Crippen LogP contribution in [0, 0.1) is 13.8 Å². The van der Waals surface area contributed by atoms with E-state index in [0.717, 1.165) is 60.1 Å². The fourth-order valence-corrected chi connectivity index (χ4v) is 3.64. The molecule has 1 aliphatic heterocycles. The second-order valence-electron chi connectivity index (χ2n) is 7.05. The summed E-state index contributed by atoms with van der Waals surface area (Å²) in [5, 5.41) is 0.661. The van der Waals surface area contributed by atoms with E-state index in [4.69, 9.17) is 21.3 Å². The lowest BCUT2D eigenvalue weighted by molar-refractivity contribution is 0.171. The van der Waals surface area contributed by atoms with Crippen LogP contribution < -0.4 is 9.64 Å². The summed E-state index contributed by atoms with van der Waals surface area (Å²) in [5.74, 6) is 2.52. The van der Waals surface area contributed by atoms with E-state index >= 15 is 0 Å². The number of hydrogen-bond donors (Lipinski definition) is 0. The third-order valence-electron chi connectivity index (χ3n) is 5.17. The van der Waals surface area contributed by atoms with Gasteiger partial charge in [0.2, 0.25) is 0 Å². The lowest BCUT2D eigenvalue weighted by atomic mass is 10.1. The number of aryl methyl sites for hydroxylation is 1. The number of piperidine rings is 1. The molecule has 0 bridgehead atoms. The molecule has 0 unspecified atom stereocenters. The molecule has 28 heavy (non-hydrogen) atoms. The molecule has 1 saturated heterocycles. The third kappa shape index (κ3) is 3.94. The minimum absolute atomic E-state index is 0.166. The summed E-state index contributed by atoms with van der Waals surface area (Å²) in [6.45, 7) is 5.91. The number of para-hydroxylation sites is 1. The molecule has 2 aromatic heterocycles. The van der Waals surface area contributed by atoms with E-state index in [1.54, 1.807) is 12.4 Å². The van der Waals surface area contributed by atoms with Gasteiger partial charge < -0.3 is 9.64 Å². The summed E-state index contributed by atoms with van der Waals surface area (Å²) < 4.78 is 6.12. The molecule has 6 heteroatoms. The highest BCUT2D eigenvalue weighted by molar-refractivity contribution is 6.32. The highest BCUT2D eigenvalue weighted by atomic mass is 35.5. The number of benzene rings is 1. The number of pyridine rings is 1. The smallest absolute Gasteiger partial charge is 0.161 e. The third-order valence-corrected chi connectivity index (χ3v) is 5.49. The van der Waals surface area contributed by atoms with Crippen molar-refractivity contribution in [1.82, 2.24) is 15.0 Å². The van der Waals surface area contributed by atoms with Crippen molar-refractivity contribution in [2.24, 2.45) is 0 Å². The van der Waals surface area contributed by atoms with Gasteiger partial charge in [0.15, 0.2) is 5.82 Å². The molecule has 4 rings (SSSR count). The number of halogens is 1. The van der Waals surface area contributed by atoms with Crippen molar-refractivity contribution in [2.45, 2.75) is 32.8 Å². The van der Waals surface area contributed by atoms with Gasteiger partial charge in [0.05, 0.1) is 5.02 Å². The van der Waals surface area contributed by atoms with Gasteiger partial charge in [-0.2, -0.15) is 0 Å². The van der Waals surface area contributed by atoms with E-state index in [-0.39, 0.29) is 6.10 Å². The van der Waals surface area contributed by atoms with E-state index in [2.05, 4.69) is 21.8 Å². The predicted octanol–water partition coefficient (Wildman–Crippen LogP) is 4.86. The van der Waals surface area contributed by atoms with Crippen molar-refractivity contribution in [3.05, 3.63) is 65.1 Å². The predicted molar refractivity (Wildman–Crippen MR) is 112 cm³/mol. The van der Waals surface area contributed by atoms with Crippen molar-refractivity contribution < 1.29 is 4.74 Å². The molecule has 0 spiro atoms. The van der Waals surface area contributed by atoms with Crippen molar-refractivity contribution in [2.75, 3.05) is 18.0 Å². The average Bonchev–Trinajstić information content (AvgIpc) is 2.73. The van der Waals surface area contributed by atoms with Crippen LogP contribution in [0.3, 0.4) is 0 Å². The molecule has 5 nitrogen and oxygen atoms in total. The van der Waals surface area contributed by atoms with E-state index in [1.807, 2.05) is 43.3 Å². The first-order valence-electron chi connectivity index (χ1n) is 9.53. The highest BCUT2D eigenvalue weighted by Gasteiger charge is 2.24. The maximum absolute atomic E-state index is 6.23. The molecule has 0 saturated carbocycles. The summed E-state index contributed by atoms with van der Waals surface area (Å²) >= 11 is 6.23. The minimum Gasteiger partial charge on any atom is -0.489 e. The molecular formula is C22H23ClN4O. The van der Waals surface area contributed by atoms with E-state index < -0.39 is 0 Å². The Morgan fingerprint density at radius 2 is 1.71 bits per heavy atom. The molecule has 1 aromatic carbocycles. The van der Waals surface area contributed by atoms with Crippen molar-refractivity contribution in [3.8, 4) is 17.1 Å². The van der Waals surface area contributed by atoms with Gasteiger partial charge in [-0.15, -0.1) is 0 Å². The second kappa shape index (κ2) is 8.15. The number of anilines is 1. The van der Waals surface area contributed by atoms with Gasteiger partial charge in [-0.25, -0.2) is 9.97 Å². The Labute approximate surface area is 170 Å². The van der Waals surface area contributed by atoms with E-state index in [9.17, 15) is 0 Å². The monoisotopic (exact) mass is 394 g/mol. The molecule has 1 aliphatic rings. The van der Waals surface area contributed by atoms with Gasteiger partial charge >= 0.3 is 0 Å². The highest BCUT2D eigenvalue weighted by Crippen LogP contribution is 2.30. The zero-order valence-electron chi connectivity index (χ0n) is 16.1. The van der Waals surface area contributed by atoms with Crippen molar-refractivity contribution in [3.63, 3.8) is 0 Å². The van der Waals surface area contributed by atoms with Crippen LogP contribution in [-0.4, -0.2) is 34.1 Å². The topological polar surface area (TPSA) is 51.1 Å². The van der Waals surface area contributed by atoms with Gasteiger partial charge in [-0.1, -0.05) is 23.7 Å². The molecule has 0 N–H and O–H groups in total. The Bertz CT molecular complexity index is 956. The second-order valence-corrected chi connectivity index (χ2v) is 7.46. The fourth-order valence-electron chi connectivity index (χ4n) is 3.46. The number of nitrogens with zero attached hydrogens (tertiary/aromatic N) is 4. The van der Waals surface area contributed by atoms with Gasteiger partial charge in [0, 0.05) is 55.1 Å². The summed E-state index contributed by atoms with van der Waals surface area (Å²) in [4.78, 5) is 16.0. The van der Waals surface area contributed by atoms with Gasteiger partial charge in [-0.3, -0.25) is 4.98 Å². The average molecular weight is 395 g/mol. The number of hydrogen-bond acceptors (Lipinski definition) is 5. The van der Waals surface area contributed by atoms with Crippen LogP contribution in [0.1, 0.15) is 24.1 Å². The van der Waals surface area contributed by atoms with Crippen LogP contribution in [0.5, 0.6) is 5.75 Å².